The zero-order chi connectivity index (χ0) is 20.4. The van der Waals surface area contributed by atoms with Crippen LogP contribution in [0.5, 0.6) is 5.75 Å². The third-order valence-electron chi connectivity index (χ3n) is 5.46. The number of rotatable bonds is 6. The third-order valence-corrected chi connectivity index (χ3v) is 5.46. The Morgan fingerprint density at radius 2 is 2.07 bits per heavy atom. The molecule has 0 radical (unpaired) electrons. The van der Waals surface area contributed by atoms with E-state index in [9.17, 15) is 9.90 Å². The smallest absolute Gasteiger partial charge is 0.270 e. The summed E-state index contributed by atoms with van der Waals surface area (Å²) in [6, 6.07) is 7.38. The number of hydrogen-bond donors (Lipinski definition) is 2. The van der Waals surface area contributed by atoms with E-state index >= 15 is 0 Å². The highest BCUT2D eigenvalue weighted by molar-refractivity contribution is 6.05. The van der Waals surface area contributed by atoms with Crippen LogP contribution in [0.4, 0.5) is 0 Å². The highest BCUT2D eigenvalue weighted by Crippen LogP contribution is 2.26. The zero-order valence-corrected chi connectivity index (χ0v) is 16.6. The molecular weight excluding hydrogens is 374 g/mol. The van der Waals surface area contributed by atoms with Gasteiger partial charge in [-0.2, -0.15) is 10.2 Å². The van der Waals surface area contributed by atoms with E-state index in [0.29, 0.717) is 55.0 Å². The molecule has 1 amide bonds. The Kier molecular flexibility index (Phi) is 5.25. The molecule has 0 spiro atoms. The lowest BCUT2D eigenvalue weighted by atomic mass is 9.90. The van der Waals surface area contributed by atoms with Crippen molar-refractivity contribution in [3.05, 3.63) is 41.9 Å². The van der Waals surface area contributed by atoms with Crippen molar-refractivity contribution in [1.82, 2.24) is 24.9 Å². The van der Waals surface area contributed by atoms with Gasteiger partial charge >= 0.3 is 0 Å². The van der Waals surface area contributed by atoms with Crippen LogP contribution in [0.2, 0.25) is 0 Å². The summed E-state index contributed by atoms with van der Waals surface area (Å²) in [5, 5.41) is 22.2. The monoisotopic (exact) mass is 399 g/mol. The van der Waals surface area contributed by atoms with Gasteiger partial charge < -0.3 is 19.9 Å². The predicted octanol–water partition coefficient (Wildman–Crippen LogP) is 1.16. The molecule has 0 saturated carbocycles. The standard InChI is InChI=1S/C20H25N5O4/c1-24-14(5-8-21-24)12-29-15-3-4-17-16(11-15)18(25(2)23-17)19(27)22-20(13-26)6-9-28-10-7-20/h3-5,8,11,26H,6-7,9-10,12-13H2,1-2H3,(H,22,27). The Morgan fingerprint density at radius 3 is 2.76 bits per heavy atom. The maximum atomic E-state index is 13.1. The Morgan fingerprint density at radius 1 is 1.28 bits per heavy atom. The summed E-state index contributed by atoms with van der Waals surface area (Å²) in [6.45, 7) is 1.27. The van der Waals surface area contributed by atoms with E-state index in [2.05, 4.69) is 15.5 Å². The van der Waals surface area contributed by atoms with Gasteiger partial charge in [-0.3, -0.25) is 14.2 Å². The second-order valence-electron chi connectivity index (χ2n) is 7.39. The third kappa shape index (κ3) is 3.83. The lowest BCUT2D eigenvalue weighted by Crippen LogP contribution is -2.54. The van der Waals surface area contributed by atoms with Crippen molar-refractivity contribution in [2.75, 3.05) is 19.8 Å². The van der Waals surface area contributed by atoms with E-state index in [1.54, 1.807) is 22.6 Å². The highest BCUT2D eigenvalue weighted by Gasteiger charge is 2.35. The Labute approximate surface area is 168 Å². The molecule has 3 heterocycles. The molecule has 1 aliphatic heterocycles. The van der Waals surface area contributed by atoms with Gasteiger partial charge in [0.1, 0.15) is 18.1 Å². The number of fused-ring (bicyclic) bond motifs is 1. The number of amides is 1. The van der Waals surface area contributed by atoms with E-state index in [0.717, 1.165) is 5.69 Å². The van der Waals surface area contributed by atoms with Gasteiger partial charge in [0.05, 0.1) is 23.4 Å². The number of carbonyl (C=O) groups is 1. The first-order chi connectivity index (χ1) is 14.0. The van der Waals surface area contributed by atoms with E-state index in [1.807, 2.05) is 31.3 Å². The molecule has 4 rings (SSSR count). The minimum atomic E-state index is -0.667. The number of nitrogens with one attached hydrogen (secondary N) is 1. The zero-order valence-electron chi connectivity index (χ0n) is 16.6. The van der Waals surface area contributed by atoms with E-state index in [4.69, 9.17) is 9.47 Å². The molecule has 0 unspecified atom stereocenters. The number of aryl methyl sites for hydroxylation is 2. The molecule has 0 bridgehead atoms. The molecule has 2 N–H and O–H groups in total. The van der Waals surface area contributed by atoms with Crippen molar-refractivity contribution in [2.45, 2.75) is 25.0 Å². The maximum absolute atomic E-state index is 13.1. The Hall–Kier alpha value is -2.91. The van der Waals surface area contributed by atoms with Crippen molar-refractivity contribution < 1.29 is 19.4 Å². The second kappa shape index (κ2) is 7.84. The molecule has 1 saturated heterocycles. The van der Waals surface area contributed by atoms with Crippen molar-refractivity contribution in [1.29, 1.82) is 0 Å². The summed E-state index contributed by atoms with van der Waals surface area (Å²) in [5.74, 6) is 0.374. The fraction of sp³-hybridized carbons (Fsp3) is 0.450. The maximum Gasteiger partial charge on any atom is 0.270 e. The lowest BCUT2D eigenvalue weighted by molar-refractivity contribution is 0.0124. The summed E-state index contributed by atoms with van der Waals surface area (Å²) in [5.41, 5.74) is 1.42. The van der Waals surface area contributed by atoms with Crippen LogP contribution in [0.25, 0.3) is 10.9 Å². The van der Waals surface area contributed by atoms with Gasteiger partial charge in [-0.25, -0.2) is 0 Å². The molecule has 2 aromatic heterocycles. The molecule has 1 fully saturated rings. The van der Waals surface area contributed by atoms with Gasteiger partial charge in [-0.05, 0) is 37.1 Å². The quantitative estimate of drug-likeness (QED) is 0.645. The molecule has 154 valence electrons. The first kappa shape index (κ1) is 19.4. The molecule has 0 atom stereocenters. The van der Waals surface area contributed by atoms with Crippen LogP contribution in [-0.2, 0) is 25.4 Å². The van der Waals surface area contributed by atoms with E-state index in [1.165, 1.54) is 0 Å². The fourth-order valence-electron chi connectivity index (χ4n) is 3.62. The van der Waals surface area contributed by atoms with Crippen molar-refractivity contribution >= 4 is 16.8 Å². The summed E-state index contributed by atoms with van der Waals surface area (Å²) < 4.78 is 14.6. The van der Waals surface area contributed by atoms with E-state index < -0.39 is 5.54 Å². The topological polar surface area (TPSA) is 103 Å². The molecule has 1 aliphatic rings. The highest BCUT2D eigenvalue weighted by atomic mass is 16.5. The summed E-state index contributed by atoms with van der Waals surface area (Å²) in [7, 11) is 3.60. The molecule has 9 nitrogen and oxygen atoms in total. The normalized spacial score (nSPS) is 16.1. The lowest BCUT2D eigenvalue weighted by Gasteiger charge is -2.36. The minimum absolute atomic E-state index is 0.128. The second-order valence-corrected chi connectivity index (χ2v) is 7.39. The SMILES string of the molecule is Cn1nccc1COc1ccc2nn(C)c(C(=O)NC3(CO)CCOCC3)c2c1. The largest absolute Gasteiger partial charge is 0.487 e. The molecule has 3 aromatic rings. The number of aliphatic hydroxyl groups is 1. The van der Waals surface area contributed by atoms with Crippen LogP contribution in [0.1, 0.15) is 29.0 Å². The number of aliphatic hydroxyl groups excluding tert-OH is 1. The number of hydrogen-bond acceptors (Lipinski definition) is 6. The first-order valence-electron chi connectivity index (χ1n) is 9.59. The van der Waals surface area contributed by atoms with Gasteiger partial charge in [0.15, 0.2) is 0 Å². The Bertz CT molecular complexity index is 1020. The average Bonchev–Trinajstić information content (AvgIpc) is 3.28. The molecule has 9 heteroatoms. The summed E-state index contributed by atoms with van der Waals surface area (Å²) in [6.07, 6.45) is 2.87. The van der Waals surface area contributed by atoms with Crippen molar-refractivity contribution in [3.63, 3.8) is 0 Å². The Balaban J connectivity index is 1.59. The summed E-state index contributed by atoms with van der Waals surface area (Å²) >= 11 is 0. The van der Waals surface area contributed by atoms with Gasteiger partial charge in [0.2, 0.25) is 0 Å². The van der Waals surface area contributed by atoms with Crippen molar-refractivity contribution in [2.24, 2.45) is 14.1 Å². The van der Waals surface area contributed by atoms with Crippen LogP contribution >= 0.6 is 0 Å². The summed E-state index contributed by atoms with van der Waals surface area (Å²) in [4.78, 5) is 13.1. The number of benzene rings is 1. The number of aromatic nitrogens is 4. The van der Waals surface area contributed by atoms with E-state index in [-0.39, 0.29) is 12.5 Å². The molecule has 0 aliphatic carbocycles. The minimum Gasteiger partial charge on any atom is -0.487 e. The predicted molar refractivity (Wildman–Crippen MR) is 106 cm³/mol. The van der Waals surface area contributed by atoms with Crippen molar-refractivity contribution in [3.8, 4) is 5.75 Å². The van der Waals surface area contributed by atoms with Crippen LogP contribution in [0.15, 0.2) is 30.5 Å². The molecular formula is C20H25N5O4. The molecule has 1 aromatic carbocycles. The van der Waals surface area contributed by atoms with Gasteiger partial charge in [0.25, 0.3) is 5.91 Å². The number of nitrogens with zero attached hydrogens (tertiary/aromatic N) is 4. The molecule has 29 heavy (non-hydrogen) atoms. The van der Waals surface area contributed by atoms with Gasteiger partial charge in [-0.1, -0.05) is 0 Å². The fourth-order valence-corrected chi connectivity index (χ4v) is 3.62. The van der Waals surface area contributed by atoms with Crippen LogP contribution in [0, 0.1) is 0 Å². The van der Waals surface area contributed by atoms with Crippen LogP contribution < -0.4 is 10.1 Å². The van der Waals surface area contributed by atoms with Crippen LogP contribution in [-0.4, -0.2) is 55.9 Å². The van der Waals surface area contributed by atoms with Gasteiger partial charge in [-0.15, -0.1) is 0 Å². The number of carbonyl (C=O) groups excluding carboxylic acids is 1. The average molecular weight is 399 g/mol. The first-order valence-corrected chi connectivity index (χ1v) is 9.59. The van der Waals surface area contributed by atoms with Crippen LogP contribution in [0.3, 0.4) is 0 Å². The number of ether oxygens (including phenoxy) is 2. The van der Waals surface area contributed by atoms with Gasteiger partial charge in [0, 0.05) is 38.9 Å².